The lowest BCUT2D eigenvalue weighted by Gasteiger charge is -2.28. The lowest BCUT2D eigenvalue weighted by Crippen LogP contribution is -2.36. The van der Waals surface area contributed by atoms with Crippen LogP contribution >= 0.6 is 0 Å². The van der Waals surface area contributed by atoms with E-state index in [-0.39, 0.29) is 11.6 Å². The van der Waals surface area contributed by atoms with Gasteiger partial charge in [0.05, 0.1) is 24.3 Å². The number of amides is 1. The van der Waals surface area contributed by atoms with Crippen LogP contribution in [0.2, 0.25) is 0 Å². The summed E-state index contributed by atoms with van der Waals surface area (Å²) >= 11 is 0. The topological polar surface area (TPSA) is 93.7 Å². The first-order valence-corrected chi connectivity index (χ1v) is 8.30. The lowest BCUT2D eigenvalue weighted by atomic mass is 10.1. The highest BCUT2D eigenvalue weighted by Gasteiger charge is 2.24. The number of anilines is 1. The average Bonchev–Trinajstić information content (AvgIpc) is 3.06. The Morgan fingerprint density at radius 1 is 1.38 bits per heavy atom. The normalized spacial score (nSPS) is 14.3. The second-order valence-electron chi connectivity index (χ2n) is 6.24. The van der Waals surface area contributed by atoms with Crippen LogP contribution in [0.5, 0.6) is 0 Å². The Bertz CT molecular complexity index is 813. The van der Waals surface area contributed by atoms with Crippen molar-refractivity contribution in [2.24, 2.45) is 7.05 Å². The Hall–Kier alpha value is -2.94. The second-order valence-corrected chi connectivity index (χ2v) is 6.24. The van der Waals surface area contributed by atoms with Crippen molar-refractivity contribution in [3.8, 4) is 0 Å². The van der Waals surface area contributed by atoms with E-state index >= 15 is 0 Å². The SMILES string of the molecule is CN(Cc1cnn(C)c1)C(=O)c1ccc(N2CCOCC2)c([N+](=O)[O-])c1. The van der Waals surface area contributed by atoms with Crippen molar-refractivity contribution in [2.45, 2.75) is 6.54 Å². The highest BCUT2D eigenvalue weighted by Crippen LogP contribution is 2.30. The number of nitro groups is 1. The highest BCUT2D eigenvalue weighted by atomic mass is 16.6. The van der Waals surface area contributed by atoms with Crippen LogP contribution < -0.4 is 4.90 Å². The van der Waals surface area contributed by atoms with Gasteiger partial charge in [0.15, 0.2) is 0 Å². The van der Waals surface area contributed by atoms with Gasteiger partial charge in [-0.2, -0.15) is 5.10 Å². The summed E-state index contributed by atoms with van der Waals surface area (Å²) < 4.78 is 6.96. The van der Waals surface area contributed by atoms with E-state index in [9.17, 15) is 14.9 Å². The molecule has 1 aliphatic rings. The molecule has 0 saturated carbocycles. The smallest absolute Gasteiger partial charge is 0.293 e. The number of ether oxygens (including phenoxy) is 1. The van der Waals surface area contributed by atoms with Crippen LogP contribution in [0.15, 0.2) is 30.6 Å². The molecule has 3 rings (SSSR count). The molecule has 1 aliphatic heterocycles. The van der Waals surface area contributed by atoms with Gasteiger partial charge in [-0.25, -0.2) is 0 Å². The van der Waals surface area contributed by atoms with Gasteiger partial charge in [-0.3, -0.25) is 19.6 Å². The molecule has 0 radical (unpaired) electrons. The number of hydrogen-bond donors (Lipinski definition) is 0. The van der Waals surface area contributed by atoms with Crippen LogP contribution in [-0.4, -0.2) is 58.9 Å². The third kappa shape index (κ3) is 3.83. The van der Waals surface area contributed by atoms with E-state index in [4.69, 9.17) is 4.74 Å². The largest absolute Gasteiger partial charge is 0.378 e. The molecule has 26 heavy (non-hydrogen) atoms. The predicted octanol–water partition coefficient (Wildman–Crippen LogP) is 1.44. The Morgan fingerprint density at radius 3 is 2.73 bits per heavy atom. The number of carbonyl (C=O) groups excluding carboxylic acids is 1. The summed E-state index contributed by atoms with van der Waals surface area (Å²) in [5.41, 5.74) is 1.64. The molecule has 138 valence electrons. The van der Waals surface area contributed by atoms with Gasteiger partial charge >= 0.3 is 0 Å². The van der Waals surface area contributed by atoms with Crippen molar-refractivity contribution < 1.29 is 14.5 Å². The summed E-state index contributed by atoms with van der Waals surface area (Å²) in [4.78, 5) is 27.2. The van der Waals surface area contributed by atoms with Gasteiger partial charge in [0.2, 0.25) is 0 Å². The molecule has 2 aromatic rings. The van der Waals surface area contributed by atoms with Crippen LogP contribution in [-0.2, 0) is 18.3 Å². The number of aromatic nitrogens is 2. The summed E-state index contributed by atoms with van der Waals surface area (Å²) in [7, 11) is 3.47. The van der Waals surface area contributed by atoms with Crippen molar-refractivity contribution in [2.75, 3.05) is 38.3 Å². The third-order valence-corrected chi connectivity index (χ3v) is 4.30. The number of benzene rings is 1. The fraction of sp³-hybridized carbons (Fsp3) is 0.412. The fourth-order valence-corrected chi connectivity index (χ4v) is 2.99. The number of hydrogen-bond acceptors (Lipinski definition) is 6. The van der Waals surface area contributed by atoms with E-state index in [2.05, 4.69) is 5.10 Å². The molecule has 1 aromatic carbocycles. The zero-order valence-electron chi connectivity index (χ0n) is 14.8. The maximum Gasteiger partial charge on any atom is 0.293 e. The second kappa shape index (κ2) is 7.52. The molecule has 0 aliphatic carbocycles. The van der Waals surface area contributed by atoms with E-state index in [1.807, 2.05) is 11.1 Å². The minimum atomic E-state index is -0.442. The van der Waals surface area contributed by atoms with Gasteiger partial charge in [-0.15, -0.1) is 0 Å². The number of aryl methyl sites for hydroxylation is 1. The molecule has 1 aromatic heterocycles. The summed E-state index contributed by atoms with van der Waals surface area (Å²) in [5, 5.41) is 15.6. The molecule has 9 nitrogen and oxygen atoms in total. The Kier molecular flexibility index (Phi) is 5.17. The molecule has 1 amide bonds. The van der Waals surface area contributed by atoms with E-state index < -0.39 is 4.92 Å². The summed E-state index contributed by atoms with van der Waals surface area (Å²) in [5.74, 6) is -0.273. The molecule has 0 spiro atoms. The van der Waals surface area contributed by atoms with Crippen molar-refractivity contribution >= 4 is 17.3 Å². The van der Waals surface area contributed by atoms with Crippen LogP contribution in [0.4, 0.5) is 11.4 Å². The third-order valence-electron chi connectivity index (χ3n) is 4.30. The van der Waals surface area contributed by atoms with Crippen LogP contribution in [0.25, 0.3) is 0 Å². The molecule has 9 heteroatoms. The first-order valence-electron chi connectivity index (χ1n) is 8.30. The van der Waals surface area contributed by atoms with Crippen LogP contribution in [0.1, 0.15) is 15.9 Å². The number of nitro benzene ring substituents is 1. The monoisotopic (exact) mass is 359 g/mol. The maximum absolute atomic E-state index is 12.7. The van der Waals surface area contributed by atoms with Crippen molar-refractivity contribution in [3.63, 3.8) is 0 Å². The molecule has 2 heterocycles. The number of rotatable bonds is 5. The maximum atomic E-state index is 12.7. The molecular formula is C17H21N5O4. The predicted molar refractivity (Wildman–Crippen MR) is 95.1 cm³/mol. The van der Waals surface area contributed by atoms with E-state index in [0.29, 0.717) is 44.1 Å². The van der Waals surface area contributed by atoms with E-state index in [1.54, 1.807) is 37.1 Å². The Balaban J connectivity index is 1.81. The van der Waals surface area contributed by atoms with Gasteiger partial charge in [-0.05, 0) is 12.1 Å². The van der Waals surface area contributed by atoms with Crippen molar-refractivity contribution in [3.05, 3.63) is 51.8 Å². The summed E-state index contributed by atoms with van der Waals surface area (Å²) in [6.45, 7) is 2.63. The standard InChI is InChI=1S/C17H21N5O4/c1-19(11-13-10-18-20(2)12-13)17(23)14-3-4-15(16(9-14)22(24)25)21-5-7-26-8-6-21/h3-4,9-10,12H,5-8,11H2,1-2H3. The van der Waals surface area contributed by atoms with Gasteiger partial charge in [0.1, 0.15) is 5.69 Å². The minimum absolute atomic E-state index is 0.0625. The quantitative estimate of drug-likeness (QED) is 0.592. The van der Waals surface area contributed by atoms with Gasteiger partial charge in [0.25, 0.3) is 11.6 Å². The fourth-order valence-electron chi connectivity index (χ4n) is 2.99. The zero-order chi connectivity index (χ0) is 18.7. The van der Waals surface area contributed by atoms with Crippen LogP contribution in [0.3, 0.4) is 0 Å². The molecule has 0 atom stereocenters. The van der Waals surface area contributed by atoms with E-state index in [1.165, 1.54) is 11.0 Å². The lowest BCUT2D eigenvalue weighted by molar-refractivity contribution is -0.384. The first kappa shape index (κ1) is 17.9. The Morgan fingerprint density at radius 2 is 2.12 bits per heavy atom. The molecule has 0 N–H and O–H groups in total. The van der Waals surface area contributed by atoms with Crippen LogP contribution in [0, 0.1) is 10.1 Å². The molecule has 0 unspecified atom stereocenters. The number of carbonyl (C=O) groups is 1. The summed E-state index contributed by atoms with van der Waals surface area (Å²) in [6, 6.07) is 4.64. The van der Waals surface area contributed by atoms with Gasteiger partial charge < -0.3 is 14.5 Å². The molecule has 1 fully saturated rings. The molecule has 1 saturated heterocycles. The first-order chi connectivity index (χ1) is 12.5. The number of morpholine rings is 1. The van der Waals surface area contributed by atoms with Crippen molar-refractivity contribution in [1.82, 2.24) is 14.7 Å². The van der Waals surface area contributed by atoms with Gasteiger partial charge in [0, 0.05) is 57.1 Å². The molecule has 0 bridgehead atoms. The highest BCUT2D eigenvalue weighted by molar-refractivity contribution is 5.95. The minimum Gasteiger partial charge on any atom is -0.378 e. The van der Waals surface area contributed by atoms with Gasteiger partial charge in [-0.1, -0.05) is 0 Å². The Labute approximate surface area is 150 Å². The zero-order valence-corrected chi connectivity index (χ0v) is 14.8. The average molecular weight is 359 g/mol. The molecular weight excluding hydrogens is 338 g/mol. The van der Waals surface area contributed by atoms with E-state index in [0.717, 1.165) is 5.56 Å². The number of nitrogens with zero attached hydrogens (tertiary/aromatic N) is 5. The van der Waals surface area contributed by atoms with Crippen molar-refractivity contribution in [1.29, 1.82) is 0 Å². The summed E-state index contributed by atoms with van der Waals surface area (Å²) in [6.07, 6.45) is 3.52.